The molecule has 4 aromatic rings. The second-order valence-electron chi connectivity index (χ2n) is 9.18. The number of aromatic nitrogens is 3. The number of hydrogen-bond donors (Lipinski definition) is 1. The Labute approximate surface area is 237 Å². The molecule has 0 saturated heterocycles. The fraction of sp³-hybridized carbons (Fsp3) is 0.310. The highest BCUT2D eigenvalue weighted by molar-refractivity contribution is 6.33. The molecule has 0 spiro atoms. The van der Waals surface area contributed by atoms with Crippen LogP contribution >= 0.6 is 23.2 Å². The van der Waals surface area contributed by atoms with Crippen LogP contribution in [0.5, 0.6) is 17.2 Å². The SMILES string of the molecule is C/C=C/c1c(F)c(Cl)cc(C(C)c2nc(Cl)c3c(NCc4ccc(OC)cc4OC)nccn23)c1OC(C)C. The first kappa shape index (κ1) is 28.5. The molecule has 39 heavy (non-hydrogen) atoms. The lowest BCUT2D eigenvalue weighted by molar-refractivity contribution is 0.237. The van der Waals surface area contributed by atoms with Crippen LogP contribution in [0.1, 0.15) is 56.1 Å². The van der Waals surface area contributed by atoms with Gasteiger partial charge in [0.15, 0.2) is 16.8 Å². The number of rotatable bonds is 10. The minimum Gasteiger partial charge on any atom is -0.497 e. The lowest BCUT2D eigenvalue weighted by Gasteiger charge is -2.22. The van der Waals surface area contributed by atoms with E-state index in [0.29, 0.717) is 52.1 Å². The summed E-state index contributed by atoms with van der Waals surface area (Å²) in [5.41, 5.74) is 2.52. The minimum atomic E-state index is -0.531. The number of allylic oxidation sites excluding steroid dienone is 1. The lowest BCUT2D eigenvalue weighted by Crippen LogP contribution is -2.13. The van der Waals surface area contributed by atoms with Crippen molar-refractivity contribution < 1.29 is 18.6 Å². The second-order valence-corrected chi connectivity index (χ2v) is 9.94. The first-order chi connectivity index (χ1) is 18.7. The van der Waals surface area contributed by atoms with Crippen LogP contribution in [-0.4, -0.2) is 34.7 Å². The van der Waals surface area contributed by atoms with E-state index in [4.69, 9.17) is 37.4 Å². The summed E-state index contributed by atoms with van der Waals surface area (Å²) in [7, 11) is 3.22. The van der Waals surface area contributed by atoms with Crippen molar-refractivity contribution in [1.82, 2.24) is 14.4 Å². The van der Waals surface area contributed by atoms with Crippen LogP contribution < -0.4 is 19.5 Å². The number of benzene rings is 2. The highest BCUT2D eigenvalue weighted by atomic mass is 35.5. The molecule has 0 aliphatic rings. The third-order valence-corrected chi connectivity index (χ3v) is 6.79. The van der Waals surface area contributed by atoms with Crippen molar-refractivity contribution in [3.8, 4) is 17.2 Å². The number of anilines is 1. The molecule has 0 amide bonds. The molecule has 1 atom stereocenters. The van der Waals surface area contributed by atoms with E-state index in [1.807, 2.05) is 50.3 Å². The fourth-order valence-electron chi connectivity index (χ4n) is 4.42. The highest BCUT2D eigenvalue weighted by Crippen LogP contribution is 2.41. The van der Waals surface area contributed by atoms with Crippen molar-refractivity contribution in [1.29, 1.82) is 0 Å². The number of ether oxygens (including phenoxy) is 3. The predicted octanol–water partition coefficient (Wildman–Crippen LogP) is 7.78. The third kappa shape index (κ3) is 5.77. The quantitative estimate of drug-likeness (QED) is 0.209. The molecule has 0 radical (unpaired) electrons. The topological polar surface area (TPSA) is 69.9 Å². The first-order valence-corrected chi connectivity index (χ1v) is 13.2. The Bertz CT molecular complexity index is 1520. The highest BCUT2D eigenvalue weighted by Gasteiger charge is 2.26. The summed E-state index contributed by atoms with van der Waals surface area (Å²) in [6.07, 6.45) is 6.69. The molecule has 4 rings (SSSR count). The molecule has 0 aliphatic heterocycles. The number of nitrogens with one attached hydrogen (secondary N) is 1. The minimum absolute atomic E-state index is 0.00507. The zero-order chi connectivity index (χ0) is 28.3. The summed E-state index contributed by atoms with van der Waals surface area (Å²) in [6.45, 7) is 7.98. The maximum absolute atomic E-state index is 15.0. The van der Waals surface area contributed by atoms with Gasteiger partial charge < -0.3 is 19.5 Å². The van der Waals surface area contributed by atoms with Gasteiger partial charge in [-0.05, 0) is 39.0 Å². The molecule has 2 aromatic carbocycles. The summed E-state index contributed by atoms with van der Waals surface area (Å²) >= 11 is 13.0. The second kappa shape index (κ2) is 12.1. The molecule has 2 aromatic heterocycles. The smallest absolute Gasteiger partial charge is 0.158 e. The zero-order valence-electron chi connectivity index (χ0n) is 22.7. The number of imidazole rings is 1. The van der Waals surface area contributed by atoms with E-state index in [0.717, 1.165) is 5.56 Å². The molecule has 10 heteroatoms. The zero-order valence-corrected chi connectivity index (χ0v) is 24.2. The maximum atomic E-state index is 15.0. The van der Waals surface area contributed by atoms with Crippen LogP contribution in [-0.2, 0) is 6.54 Å². The monoisotopic (exact) mass is 572 g/mol. The third-order valence-electron chi connectivity index (χ3n) is 6.26. The van der Waals surface area contributed by atoms with Gasteiger partial charge in [-0.1, -0.05) is 42.3 Å². The van der Waals surface area contributed by atoms with Gasteiger partial charge in [-0.15, -0.1) is 0 Å². The molecule has 1 N–H and O–H groups in total. The molecule has 7 nitrogen and oxygen atoms in total. The van der Waals surface area contributed by atoms with E-state index in [-0.39, 0.29) is 22.2 Å². The molecule has 2 heterocycles. The number of nitrogens with zero attached hydrogens (tertiary/aromatic N) is 3. The Balaban J connectivity index is 1.76. The van der Waals surface area contributed by atoms with Crippen LogP contribution in [0.2, 0.25) is 10.2 Å². The van der Waals surface area contributed by atoms with Gasteiger partial charge in [-0.2, -0.15) is 0 Å². The van der Waals surface area contributed by atoms with E-state index in [2.05, 4.69) is 15.3 Å². The van der Waals surface area contributed by atoms with Crippen molar-refractivity contribution >= 4 is 40.6 Å². The normalized spacial score (nSPS) is 12.4. The van der Waals surface area contributed by atoms with Gasteiger partial charge in [0.25, 0.3) is 0 Å². The van der Waals surface area contributed by atoms with Gasteiger partial charge in [0.05, 0.1) is 30.9 Å². The van der Waals surface area contributed by atoms with Crippen molar-refractivity contribution in [2.24, 2.45) is 0 Å². The van der Waals surface area contributed by atoms with Crippen molar-refractivity contribution in [2.75, 3.05) is 19.5 Å². The maximum Gasteiger partial charge on any atom is 0.158 e. The largest absolute Gasteiger partial charge is 0.497 e. The number of fused-ring (bicyclic) bond motifs is 1. The molecule has 206 valence electrons. The summed E-state index contributed by atoms with van der Waals surface area (Å²) < 4.78 is 33.8. The summed E-state index contributed by atoms with van der Waals surface area (Å²) in [5, 5.41) is 3.63. The van der Waals surface area contributed by atoms with E-state index in [1.165, 1.54) is 0 Å². The average Bonchev–Trinajstić information content (AvgIpc) is 3.27. The Morgan fingerprint density at radius 3 is 2.56 bits per heavy atom. The fourth-order valence-corrected chi connectivity index (χ4v) is 4.91. The van der Waals surface area contributed by atoms with Gasteiger partial charge in [-0.3, -0.25) is 4.40 Å². The number of hydrogen-bond acceptors (Lipinski definition) is 6. The van der Waals surface area contributed by atoms with Gasteiger partial charge in [0.2, 0.25) is 0 Å². The van der Waals surface area contributed by atoms with Crippen LogP contribution in [0.25, 0.3) is 11.6 Å². The van der Waals surface area contributed by atoms with Crippen LogP contribution in [0.4, 0.5) is 10.2 Å². The average molecular weight is 573 g/mol. The summed E-state index contributed by atoms with van der Waals surface area (Å²) in [4.78, 5) is 9.19. The van der Waals surface area contributed by atoms with E-state index in [1.54, 1.807) is 44.8 Å². The Hall–Kier alpha value is -3.49. The van der Waals surface area contributed by atoms with Gasteiger partial charge in [0.1, 0.15) is 28.6 Å². The van der Waals surface area contributed by atoms with Gasteiger partial charge in [-0.25, -0.2) is 14.4 Å². The van der Waals surface area contributed by atoms with Crippen LogP contribution in [0.15, 0.2) is 42.7 Å². The van der Waals surface area contributed by atoms with E-state index >= 15 is 4.39 Å². The van der Waals surface area contributed by atoms with Crippen molar-refractivity contribution in [3.63, 3.8) is 0 Å². The van der Waals surface area contributed by atoms with Crippen LogP contribution in [0.3, 0.4) is 0 Å². The molecule has 0 fully saturated rings. The molecular weight excluding hydrogens is 542 g/mol. The Kier molecular flexibility index (Phi) is 8.87. The number of methoxy groups -OCH3 is 2. The summed E-state index contributed by atoms with van der Waals surface area (Å²) in [5.74, 6) is 2.11. The van der Waals surface area contributed by atoms with Crippen molar-refractivity contribution in [3.05, 3.63) is 81.2 Å². The Morgan fingerprint density at radius 1 is 1.13 bits per heavy atom. The van der Waals surface area contributed by atoms with Crippen molar-refractivity contribution in [2.45, 2.75) is 46.3 Å². The standard InChI is InChI=1S/C29H31Cl2FN4O3/c1-7-8-20-24(32)22(30)14-21(26(20)39-16(2)3)17(4)29-35-27(31)25-28(33-11-12-36(25)29)34-15-18-9-10-19(37-5)13-23(18)38-6/h7-14,16-17H,15H2,1-6H3,(H,33,34)/b8-7+. The number of halogens is 3. The molecule has 0 saturated carbocycles. The van der Waals surface area contributed by atoms with E-state index in [9.17, 15) is 0 Å². The van der Waals surface area contributed by atoms with Gasteiger partial charge in [0, 0.05) is 42.0 Å². The molecular formula is C29H31Cl2FN4O3. The summed E-state index contributed by atoms with van der Waals surface area (Å²) in [6, 6.07) is 7.21. The van der Waals surface area contributed by atoms with E-state index < -0.39 is 5.82 Å². The Morgan fingerprint density at radius 2 is 1.90 bits per heavy atom. The first-order valence-electron chi connectivity index (χ1n) is 12.5. The van der Waals surface area contributed by atoms with Gasteiger partial charge >= 0.3 is 0 Å². The van der Waals surface area contributed by atoms with Crippen LogP contribution in [0, 0.1) is 5.82 Å². The predicted molar refractivity (Wildman–Crippen MR) is 154 cm³/mol. The lowest BCUT2D eigenvalue weighted by atomic mass is 9.95. The molecule has 1 unspecified atom stereocenters. The molecule has 0 aliphatic carbocycles. The molecule has 0 bridgehead atoms.